The minimum atomic E-state index is -0.490. The highest BCUT2D eigenvalue weighted by atomic mass is 79.9. The first kappa shape index (κ1) is 12.5. The van der Waals surface area contributed by atoms with Crippen LogP contribution in [0.15, 0.2) is 22.7 Å². The average Bonchev–Trinajstić information content (AvgIpc) is 2.93. The highest BCUT2D eigenvalue weighted by molar-refractivity contribution is 9.10. The molecule has 2 nitrogen and oxygen atoms in total. The Morgan fingerprint density at radius 3 is 2.78 bits per heavy atom. The first-order valence-corrected chi connectivity index (χ1v) is 7.57. The summed E-state index contributed by atoms with van der Waals surface area (Å²) >= 11 is 3.44. The average molecular weight is 311 g/mol. The van der Waals surface area contributed by atoms with E-state index in [4.69, 9.17) is 4.74 Å². The minimum absolute atomic E-state index is 0.363. The van der Waals surface area contributed by atoms with E-state index in [1.54, 1.807) is 6.92 Å². The van der Waals surface area contributed by atoms with Gasteiger partial charge in [-0.1, -0.05) is 15.9 Å². The van der Waals surface area contributed by atoms with Gasteiger partial charge in [0.2, 0.25) is 0 Å². The highest BCUT2D eigenvalue weighted by Gasteiger charge is 2.41. The lowest BCUT2D eigenvalue weighted by Gasteiger charge is -2.25. The number of ether oxygens (including phenoxy) is 1. The molecule has 3 rings (SSSR count). The van der Waals surface area contributed by atoms with Crippen molar-refractivity contribution in [2.75, 3.05) is 0 Å². The monoisotopic (exact) mass is 310 g/mol. The van der Waals surface area contributed by atoms with Crippen LogP contribution in [0.25, 0.3) is 0 Å². The first-order valence-electron chi connectivity index (χ1n) is 6.77. The van der Waals surface area contributed by atoms with Gasteiger partial charge in [-0.3, -0.25) is 0 Å². The van der Waals surface area contributed by atoms with Crippen LogP contribution in [0, 0.1) is 11.8 Å². The Kier molecular flexibility index (Phi) is 3.37. The second kappa shape index (κ2) is 4.86. The third-order valence-corrected chi connectivity index (χ3v) is 4.87. The van der Waals surface area contributed by atoms with E-state index in [9.17, 15) is 5.11 Å². The van der Waals surface area contributed by atoms with Crippen LogP contribution in [0.4, 0.5) is 0 Å². The van der Waals surface area contributed by atoms with Crippen molar-refractivity contribution in [3.63, 3.8) is 0 Å². The summed E-state index contributed by atoms with van der Waals surface area (Å²) in [7, 11) is 0. The number of aliphatic hydroxyl groups excluding tert-OH is 1. The molecule has 0 saturated heterocycles. The first-order chi connectivity index (χ1) is 8.63. The van der Waals surface area contributed by atoms with Gasteiger partial charge in [0.25, 0.3) is 0 Å². The van der Waals surface area contributed by atoms with Crippen LogP contribution in [0.3, 0.4) is 0 Å². The second-order valence-corrected chi connectivity index (χ2v) is 6.60. The molecule has 18 heavy (non-hydrogen) atoms. The summed E-state index contributed by atoms with van der Waals surface area (Å²) in [5, 5.41) is 9.83. The van der Waals surface area contributed by atoms with Crippen LogP contribution >= 0.6 is 15.9 Å². The van der Waals surface area contributed by atoms with E-state index in [0.717, 1.165) is 27.6 Å². The lowest BCUT2D eigenvalue weighted by Crippen LogP contribution is -2.24. The number of aliphatic hydroxyl groups is 1. The maximum absolute atomic E-state index is 9.83. The van der Waals surface area contributed by atoms with E-state index < -0.39 is 6.10 Å². The van der Waals surface area contributed by atoms with E-state index >= 15 is 0 Å². The Hall–Kier alpha value is -0.540. The number of benzene rings is 1. The maximum Gasteiger partial charge on any atom is 0.125 e. The van der Waals surface area contributed by atoms with Crippen molar-refractivity contribution in [3.8, 4) is 5.75 Å². The van der Waals surface area contributed by atoms with Crippen molar-refractivity contribution in [1.82, 2.24) is 0 Å². The van der Waals surface area contributed by atoms with Crippen LogP contribution in [0.1, 0.15) is 44.3 Å². The minimum Gasteiger partial charge on any atom is -0.490 e. The predicted octanol–water partition coefficient (Wildman–Crippen LogP) is 4.07. The lowest BCUT2D eigenvalue weighted by atomic mass is 9.97. The zero-order valence-corrected chi connectivity index (χ0v) is 12.2. The maximum atomic E-state index is 9.83. The van der Waals surface area contributed by atoms with Gasteiger partial charge < -0.3 is 9.84 Å². The normalized spacial score (nSPS) is 31.6. The van der Waals surface area contributed by atoms with Gasteiger partial charge in [0.05, 0.1) is 6.10 Å². The number of hydrogen-bond acceptors (Lipinski definition) is 2. The molecular weight excluding hydrogens is 292 g/mol. The summed E-state index contributed by atoms with van der Waals surface area (Å²) < 4.78 is 7.16. The molecule has 2 aliphatic rings. The van der Waals surface area contributed by atoms with Crippen LogP contribution < -0.4 is 4.74 Å². The van der Waals surface area contributed by atoms with Crippen LogP contribution in [0.5, 0.6) is 5.75 Å². The summed E-state index contributed by atoms with van der Waals surface area (Å²) in [5.41, 5.74) is 0.882. The fourth-order valence-electron chi connectivity index (χ4n) is 3.45. The van der Waals surface area contributed by atoms with Gasteiger partial charge in [-0.05, 0) is 62.6 Å². The van der Waals surface area contributed by atoms with Gasteiger partial charge in [-0.25, -0.2) is 0 Å². The van der Waals surface area contributed by atoms with Crippen molar-refractivity contribution < 1.29 is 9.84 Å². The Labute approximate surface area is 116 Å². The van der Waals surface area contributed by atoms with Crippen LogP contribution in [-0.4, -0.2) is 11.2 Å². The molecule has 2 bridgehead atoms. The number of halogens is 1. The topological polar surface area (TPSA) is 29.5 Å². The Morgan fingerprint density at radius 1 is 1.33 bits per heavy atom. The molecule has 0 heterocycles. The van der Waals surface area contributed by atoms with E-state index in [2.05, 4.69) is 15.9 Å². The van der Waals surface area contributed by atoms with Crippen molar-refractivity contribution in [2.45, 2.75) is 44.8 Å². The summed E-state index contributed by atoms with van der Waals surface area (Å²) in [4.78, 5) is 0. The fraction of sp³-hybridized carbons (Fsp3) is 0.600. The summed E-state index contributed by atoms with van der Waals surface area (Å²) in [6, 6.07) is 5.90. The number of hydrogen-bond donors (Lipinski definition) is 1. The standard InChI is InChI=1S/C15H19BrO2/c1-9(17)13-8-12(16)4-5-14(13)18-15-7-10-2-3-11(15)6-10/h4-5,8-11,15,17H,2-3,6-7H2,1H3. The Morgan fingerprint density at radius 2 is 2.17 bits per heavy atom. The van der Waals surface area contributed by atoms with Crippen molar-refractivity contribution in [3.05, 3.63) is 28.2 Å². The second-order valence-electron chi connectivity index (χ2n) is 5.69. The molecule has 4 atom stereocenters. The lowest BCUT2D eigenvalue weighted by molar-refractivity contribution is 0.128. The SMILES string of the molecule is CC(O)c1cc(Br)ccc1OC1CC2CCC1C2. The fourth-order valence-corrected chi connectivity index (χ4v) is 3.83. The van der Waals surface area contributed by atoms with E-state index in [1.165, 1.54) is 25.7 Å². The molecule has 0 aliphatic heterocycles. The van der Waals surface area contributed by atoms with E-state index in [-0.39, 0.29) is 0 Å². The molecule has 0 amide bonds. The molecule has 98 valence electrons. The van der Waals surface area contributed by atoms with Crippen molar-refractivity contribution in [2.24, 2.45) is 11.8 Å². The smallest absolute Gasteiger partial charge is 0.125 e. The molecule has 1 aromatic carbocycles. The molecule has 0 aromatic heterocycles. The van der Waals surface area contributed by atoms with Gasteiger partial charge in [0, 0.05) is 10.0 Å². The van der Waals surface area contributed by atoms with Gasteiger partial charge >= 0.3 is 0 Å². The summed E-state index contributed by atoms with van der Waals surface area (Å²) in [6.45, 7) is 1.79. The number of rotatable bonds is 3. The highest BCUT2D eigenvalue weighted by Crippen LogP contribution is 2.46. The zero-order valence-electron chi connectivity index (χ0n) is 10.6. The third kappa shape index (κ3) is 2.30. The summed E-state index contributed by atoms with van der Waals surface area (Å²) in [5.74, 6) is 2.47. The zero-order chi connectivity index (χ0) is 12.7. The van der Waals surface area contributed by atoms with E-state index in [1.807, 2.05) is 18.2 Å². The Bertz CT molecular complexity index is 444. The molecule has 1 N–H and O–H groups in total. The van der Waals surface area contributed by atoms with Crippen molar-refractivity contribution >= 4 is 15.9 Å². The molecule has 2 aliphatic carbocycles. The largest absolute Gasteiger partial charge is 0.490 e. The molecule has 4 unspecified atom stereocenters. The summed E-state index contributed by atoms with van der Waals surface area (Å²) in [6.07, 6.45) is 5.10. The molecule has 0 radical (unpaired) electrons. The predicted molar refractivity (Wildman–Crippen MR) is 74.6 cm³/mol. The van der Waals surface area contributed by atoms with Gasteiger partial charge in [-0.2, -0.15) is 0 Å². The van der Waals surface area contributed by atoms with Gasteiger partial charge in [0.15, 0.2) is 0 Å². The van der Waals surface area contributed by atoms with Crippen molar-refractivity contribution in [1.29, 1.82) is 0 Å². The molecule has 2 fully saturated rings. The number of fused-ring (bicyclic) bond motifs is 2. The third-order valence-electron chi connectivity index (χ3n) is 4.37. The van der Waals surface area contributed by atoms with Crippen LogP contribution in [0.2, 0.25) is 0 Å². The molecule has 1 aromatic rings. The van der Waals surface area contributed by atoms with Gasteiger partial charge in [-0.15, -0.1) is 0 Å². The molecule has 3 heteroatoms. The van der Waals surface area contributed by atoms with E-state index in [0.29, 0.717) is 6.10 Å². The quantitative estimate of drug-likeness (QED) is 0.912. The molecule has 2 saturated carbocycles. The molecule has 0 spiro atoms. The van der Waals surface area contributed by atoms with Crippen LogP contribution in [-0.2, 0) is 0 Å². The van der Waals surface area contributed by atoms with Gasteiger partial charge in [0.1, 0.15) is 11.9 Å². The Balaban J connectivity index is 1.80. The molecular formula is C15H19BrO2.